The molecule has 2 aromatic heterocycles. The van der Waals surface area contributed by atoms with E-state index in [1.165, 1.54) is 12.1 Å². The van der Waals surface area contributed by atoms with Crippen LogP contribution in [0.25, 0.3) is 17.1 Å². The minimum Gasteiger partial charge on any atom is -0.255 e. The largest absolute Gasteiger partial charge is 0.255 e. The van der Waals surface area contributed by atoms with Crippen molar-refractivity contribution in [3.05, 3.63) is 65.7 Å². The summed E-state index contributed by atoms with van der Waals surface area (Å²) in [5, 5.41) is 13.4. The topological polar surface area (TPSA) is 54.5 Å². The third-order valence-corrected chi connectivity index (χ3v) is 3.07. The van der Waals surface area contributed by atoms with Crippen molar-refractivity contribution in [2.75, 3.05) is 0 Å². The van der Waals surface area contributed by atoms with Crippen molar-refractivity contribution in [1.29, 1.82) is 5.26 Å². The molecule has 4 nitrogen and oxygen atoms in total. The Morgan fingerprint density at radius 3 is 2.71 bits per heavy atom. The van der Waals surface area contributed by atoms with Crippen molar-refractivity contribution in [2.24, 2.45) is 0 Å². The average Bonchev–Trinajstić information content (AvgIpc) is 2.89. The Hall–Kier alpha value is -3.00. The quantitative estimate of drug-likeness (QED) is 0.723. The number of aromatic nitrogens is 3. The van der Waals surface area contributed by atoms with Crippen LogP contribution in [0.5, 0.6) is 0 Å². The Balaban J connectivity index is 2.11. The number of benzene rings is 1. The van der Waals surface area contributed by atoms with Gasteiger partial charge in [0.2, 0.25) is 0 Å². The van der Waals surface area contributed by atoms with Gasteiger partial charge in [-0.1, -0.05) is 6.07 Å². The zero-order valence-electron chi connectivity index (χ0n) is 11.3. The van der Waals surface area contributed by atoms with E-state index < -0.39 is 5.82 Å². The van der Waals surface area contributed by atoms with Crippen LogP contribution in [0.3, 0.4) is 0 Å². The summed E-state index contributed by atoms with van der Waals surface area (Å²) in [5.74, 6) is -0.460. The van der Waals surface area contributed by atoms with Crippen LogP contribution in [0.2, 0.25) is 0 Å². The van der Waals surface area contributed by atoms with Gasteiger partial charge in [-0.05, 0) is 43.3 Å². The van der Waals surface area contributed by atoms with Crippen LogP contribution in [0, 0.1) is 24.1 Å². The Labute approximate surface area is 121 Å². The third-order valence-electron chi connectivity index (χ3n) is 3.07. The number of nitrogens with zero attached hydrogens (tertiary/aromatic N) is 4. The Morgan fingerprint density at radius 1 is 1.14 bits per heavy atom. The molecule has 5 heteroatoms. The van der Waals surface area contributed by atoms with Gasteiger partial charge in [-0.3, -0.25) is 4.98 Å². The molecule has 0 fully saturated rings. The van der Waals surface area contributed by atoms with Crippen molar-refractivity contribution in [1.82, 2.24) is 14.8 Å². The highest BCUT2D eigenvalue weighted by Gasteiger charge is 2.10. The summed E-state index contributed by atoms with van der Waals surface area (Å²) in [7, 11) is 0. The predicted octanol–water partition coefficient (Wildman–Crippen LogP) is 3.25. The van der Waals surface area contributed by atoms with Crippen molar-refractivity contribution in [2.45, 2.75) is 6.92 Å². The second-order valence-corrected chi connectivity index (χ2v) is 4.61. The van der Waals surface area contributed by atoms with Crippen LogP contribution >= 0.6 is 0 Å². The van der Waals surface area contributed by atoms with Crippen LogP contribution in [0.1, 0.15) is 11.3 Å². The number of rotatable bonds is 2. The molecule has 0 N–H and O–H groups in total. The SMILES string of the molecule is Cc1cc(-c2ccccn2)nn1-c1cc(F)cc(C#N)c1. The zero-order valence-corrected chi connectivity index (χ0v) is 11.3. The summed E-state index contributed by atoms with van der Waals surface area (Å²) in [6.45, 7) is 1.87. The van der Waals surface area contributed by atoms with E-state index in [-0.39, 0.29) is 5.56 Å². The van der Waals surface area contributed by atoms with Gasteiger partial charge in [-0.25, -0.2) is 9.07 Å². The van der Waals surface area contributed by atoms with Crippen molar-refractivity contribution in [3.63, 3.8) is 0 Å². The highest BCUT2D eigenvalue weighted by atomic mass is 19.1. The number of pyridine rings is 1. The molecule has 0 bridgehead atoms. The summed E-state index contributed by atoms with van der Waals surface area (Å²) in [5.41, 5.74) is 3.07. The molecule has 3 aromatic rings. The Morgan fingerprint density at radius 2 is 2.00 bits per heavy atom. The van der Waals surface area contributed by atoms with E-state index in [0.717, 1.165) is 11.4 Å². The molecule has 21 heavy (non-hydrogen) atoms. The van der Waals surface area contributed by atoms with E-state index in [1.54, 1.807) is 16.9 Å². The summed E-state index contributed by atoms with van der Waals surface area (Å²) >= 11 is 0. The molecule has 0 atom stereocenters. The van der Waals surface area contributed by atoms with Gasteiger partial charge in [0.05, 0.1) is 23.0 Å². The molecular formula is C16H11FN4. The number of hydrogen-bond donors (Lipinski definition) is 0. The fourth-order valence-corrected chi connectivity index (χ4v) is 2.14. The van der Waals surface area contributed by atoms with Crippen LogP contribution in [-0.2, 0) is 0 Å². The second kappa shape index (κ2) is 5.17. The van der Waals surface area contributed by atoms with Gasteiger partial charge in [0.25, 0.3) is 0 Å². The minimum atomic E-state index is -0.460. The molecule has 102 valence electrons. The molecular weight excluding hydrogens is 267 g/mol. The molecule has 0 aliphatic carbocycles. The molecule has 0 unspecified atom stereocenters. The highest BCUT2D eigenvalue weighted by Crippen LogP contribution is 2.20. The average molecular weight is 278 g/mol. The number of halogens is 1. The first-order valence-corrected chi connectivity index (χ1v) is 6.36. The van der Waals surface area contributed by atoms with Crippen LogP contribution in [0.4, 0.5) is 4.39 Å². The monoisotopic (exact) mass is 278 g/mol. The van der Waals surface area contributed by atoms with Gasteiger partial charge in [0.1, 0.15) is 11.5 Å². The smallest absolute Gasteiger partial charge is 0.126 e. The van der Waals surface area contributed by atoms with E-state index in [4.69, 9.17) is 5.26 Å². The summed E-state index contributed by atoms with van der Waals surface area (Å²) < 4.78 is 15.2. The van der Waals surface area contributed by atoms with E-state index in [2.05, 4.69) is 10.1 Å². The highest BCUT2D eigenvalue weighted by molar-refractivity contribution is 5.55. The molecule has 0 saturated carbocycles. The van der Waals surface area contributed by atoms with E-state index in [1.807, 2.05) is 37.3 Å². The molecule has 0 amide bonds. The maximum absolute atomic E-state index is 13.6. The zero-order chi connectivity index (χ0) is 14.8. The van der Waals surface area contributed by atoms with E-state index >= 15 is 0 Å². The van der Waals surface area contributed by atoms with E-state index in [9.17, 15) is 4.39 Å². The molecule has 1 aromatic carbocycles. The fourth-order valence-electron chi connectivity index (χ4n) is 2.14. The number of nitriles is 1. The van der Waals surface area contributed by atoms with Crippen molar-refractivity contribution in [3.8, 4) is 23.1 Å². The van der Waals surface area contributed by atoms with E-state index in [0.29, 0.717) is 11.4 Å². The molecule has 0 spiro atoms. The lowest BCUT2D eigenvalue weighted by Crippen LogP contribution is -2.00. The lowest BCUT2D eigenvalue weighted by atomic mass is 10.2. The lowest BCUT2D eigenvalue weighted by Gasteiger charge is -2.05. The fraction of sp³-hybridized carbons (Fsp3) is 0.0625. The maximum Gasteiger partial charge on any atom is 0.126 e. The Kier molecular flexibility index (Phi) is 3.20. The van der Waals surface area contributed by atoms with Crippen LogP contribution in [-0.4, -0.2) is 14.8 Å². The maximum atomic E-state index is 13.6. The van der Waals surface area contributed by atoms with Gasteiger partial charge in [0, 0.05) is 11.9 Å². The van der Waals surface area contributed by atoms with Gasteiger partial charge in [-0.2, -0.15) is 10.4 Å². The normalized spacial score (nSPS) is 10.3. The van der Waals surface area contributed by atoms with Gasteiger partial charge >= 0.3 is 0 Å². The summed E-state index contributed by atoms with van der Waals surface area (Å²) in [4.78, 5) is 4.25. The second-order valence-electron chi connectivity index (χ2n) is 4.61. The van der Waals surface area contributed by atoms with Crippen LogP contribution in [0.15, 0.2) is 48.7 Å². The van der Waals surface area contributed by atoms with Gasteiger partial charge < -0.3 is 0 Å². The molecule has 0 saturated heterocycles. The van der Waals surface area contributed by atoms with Gasteiger partial charge in [-0.15, -0.1) is 0 Å². The number of hydrogen-bond acceptors (Lipinski definition) is 3. The predicted molar refractivity (Wildman–Crippen MR) is 76.2 cm³/mol. The molecule has 3 rings (SSSR count). The standard InChI is InChI=1S/C16H11FN4/c1-11-6-16(15-4-2-3-5-19-15)20-21(11)14-8-12(10-18)7-13(17)9-14/h2-9H,1H3. The minimum absolute atomic E-state index is 0.263. The van der Waals surface area contributed by atoms with Crippen LogP contribution < -0.4 is 0 Å². The first-order chi connectivity index (χ1) is 10.2. The summed E-state index contributed by atoms with van der Waals surface area (Å²) in [6.07, 6.45) is 1.69. The number of aryl methyl sites for hydroxylation is 1. The van der Waals surface area contributed by atoms with Crippen molar-refractivity contribution >= 4 is 0 Å². The molecule has 0 radical (unpaired) electrons. The molecule has 0 aliphatic rings. The molecule has 0 aliphatic heterocycles. The first kappa shape index (κ1) is 13.0. The van der Waals surface area contributed by atoms with Gasteiger partial charge in [0.15, 0.2) is 0 Å². The lowest BCUT2D eigenvalue weighted by molar-refractivity contribution is 0.624. The molecule has 2 heterocycles. The Bertz CT molecular complexity index is 831. The third kappa shape index (κ3) is 2.51. The van der Waals surface area contributed by atoms with Crippen molar-refractivity contribution < 1.29 is 4.39 Å². The summed E-state index contributed by atoms with van der Waals surface area (Å²) in [6, 6.07) is 13.5. The first-order valence-electron chi connectivity index (χ1n) is 6.36.